The molecule has 1 aliphatic carbocycles. The minimum absolute atomic E-state index is 0.312. The Morgan fingerprint density at radius 3 is 2.85 bits per heavy atom. The van der Waals surface area contributed by atoms with E-state index in [-0.39, 0.29) is 0 Å². The molecule has 0 aromatic carbocycles. The van der Waals surface area contributed by atoms with Crippen molar-refractivity contribution in [2.45, 2.75) is 57.5 Å². The van der Waals surface area contributed by atoms with E-state index in [1.807, 2.05) is 11.3 Å². The smallest absolute Gasteiger partial charge is 0.137 e. The van der Waals surface area contributed by atoms with Gasteiger partial charge in [-0.05, 0) is 54.2 Å². The summed E-state index contributed by atoms with van der Waals surface area (Å²) in [5.74, 6) is 0.841. The average Bonchev–Trinajstić information content (AvgIpc) is 2.86. The first-order valence-electron chi connectivity index (χ1n) is 7.74. The van der Waals surface area contributed by atoms with E-state index in [1.165, 1.54) is 35.0 Å². The Kier molecular flexibility index (Phi) is 4.95. The lowest BCUT2D eigenvalue weighted by molar-refractivity contribution is -0.127. The van der Waals surface area contributed by atoms with Gasteiger partial charge in [0, 0.05) is 39.7 Å². The first-order valence-corrected chi connectivity index (χ1v) is 9.41. The number of halogens is 1. The maximum absolute atomic E-state index is 12.3. The van der Waals surface area contributed by atoms with Gasteiger partial charge < -0.3 is 0 Å². The van der Waals surface area contributed by atoms with Gasteiger partial charge in [0.2, 0.25) is 0 Å². The van der Waals surface area contributed by atoms with Gasteiger partial charge in [-0.15, -0.1) is 11.3 Å². The van der Waals surface area contributed by atoms with Crippen molar-refractivity contribution in [1.29, 1.82) is 0 Å². The van der Waals surface area contributed by atoms with Gasteiger partial charge in [-0.2, -0.15) is 0 Å². The summed E-state index contributed by atoms with van der Waals surface area (Å²) in [6.07, 6.45) is 8.07. The van der Waals surface area contributed by atoms with E-state index in [0.717, 1.165) is 32.4 Å². The van der Waals surface area contributed by atoms with Gasteiger partial charge in [-0.25, -0.2) is 0 Å². The van der Waals surface area contributed by atoms with Crippen molar-refractivity contribution in [3.05, 3.63) is 20.8 Å². The number of nitrogens with zero attached hydrogens (tertiary/aromatic N) is 1. The third kappa shape index (κ3) is 3.34. The van der Waals surface area contributed by atoms with Crippen molar-refractivity contribution < 1.29 is 4.79 Å². The molecule has 4 heteroatoms. The zero-order valence-corrected chi connectivity index (χ0v) is 14.2. The Labute approximate surface area is 133 Å². The molecule has 1 aliphatic heterocycles. The molecule has 2 nitrogen and oxygen atoms in total. The van der Waals surface area contributed by atoms with Crippen LogP contribution in [0.4, 0.5) is 0 Å². The third-order valence-corrected chi connectivity index (χ3v) is 6.39. The molecule has 2 aliphatic rings. The number of piperidine rings is 1. The van der Waals surface area contributed by atoms with Crippen molar-refractivity contribution in [3.8, 4) is 0 Å². The number of hydrogen-bond donors (Lipinski definition) is 0. The number of carbonyl (C=O) groups excluding carboxylic acids is 1. The molecule has 2 unspecified atom stereocenters. The lowest BCUT2D eigenvalue weighted by Crippen LogP contribution is -2.46. The molecule has 2 heterocycles. The Bertz CT molecular complexity index is 473. The lowest BCUT2D eigenvalue weighted by Gasteiger charge is -2.41. The van der Waals surface area contributed by atoms with Crippen LogP contribution in [0.5, 0.6) is 0 Å². The third-order valence-electron chi connectivity index (χ3n) is 4.71. The predicted molar refractivity (Wildman–Crippen MR) is 87.0 cm³/mol. The molecule has 2 fully saturated rings. The van der Waals surface area contributed by atoms with Crippen molar-refractivity contribution >= 4 is 33.0 Å². The fraction of sp³-hybridized carbons (Fsp3) is 0.688. The number of likely N-dealkylation sites (tertiary alicyclic amines) is 1. The minimum atomic E-state index is 0.312. The highest BCUT2D eigenvalue weighted by atomic mass is 79.9. The molecule has 0 spiro atoms. The second kappa shape index (κ2) is 6.71. The zero-order valence-electron chi connectivity index (χ0n) is 11.8. The van der Waals surface area contributed by atoms with Gasteiger partial charge in [0.1, 0.15) is 5.78 Å². The van der Waals surface area contributed by atoms with E-state index in [4.69, 9.17) is 0 Å². The number of hydrogen-bond acceptors (Lipinski definition) is 3. The van der Waals surface area contributed by atoms with Gasteiger partial charge >= 0.3 is 0 Å². The number of carbonyl (C=O) groups is 1. The van der Waals surface area contributed by atoms with Crippen LogP contribution < -0.4 is 0 Å². The van der Waals surface area contributed by atoms with Crippen molar-refractivity contribution in [1.82, 2.24) is 4.90 Å². The first-order chi connectivity index (χ1) is 9.74. The van der Waals surface area contributed by atoms with Crippen LogP contribution in [-0.4, -0.2) is 23.3 Å². The standard InChI is InChI=1S/C16H22BrNOS/c17-12-9-13(20-11-12)10-18-8-4-3-6-15(18)14-5-1-2-7-16(14)19/h9,11,14-15H,1-8,10H2. The van der Waals surface area contributed by atoms with Gasteiger partial charge in [-0.1, -0.05) is 12.8 Å². The zero-order chi connectivity index (χ0) is 13.9. The molecular weight excluding hydrogens is 334 g/mol. The molecule has 3 rings (SSSR count). The first kappa shape index (κ1) is 14.7. The topological polar surface area (TPSA) is 20.3 Å². The summed E-state index contributed by atoms with van der Waals surface area (Å²) >= 11 is 5.36. The summed E-state index contributed by atoms with van der Waals surface area (Å²) in [5, 5.41) is 2.15. The van der Waals surface area contributed by atoms with E-state index in [9.17, 15) is 4.79 Å². The highest BCUT2D eigenvalue weighted by Crippen LogP contribution is 2.33. The monoisotopic (exact) mass is 355 g/mol. The molecular formula is C16H22BrNOS. The van der Waals surface area contributed by atoms with Crippen LogP contribution in [0.1, 0.15) is 49.8 Å². The van der Waals surface area contributed by atoms with Crippen LogP contribution in [0, 0.1) is 5.92 Å². The SMILES string of the molecule is O=C1CCCCC1C1CCCCN1Cc1cc(Br)cs1. The number of ketones is 1. The van der Waals surface area contributed by atoms with Crippen LogP contribution in [0.3, 0.4) is 0 Å². The van der Waals surface area contributed by atoms with Crippen LogP contribution >= 0.6 is 27.3 Å². The fourth-order valence-corrected chi connectivity index (χ4v) is 5.20. The van der Waals surface area contributed by atoms with E-state index < -0.39 is 0 Å². The highest BCUT2D eigenvalue weighted by Gasteiger charge is 2.35. The normalized spacial score (nSPS) is 28.8. The molecule has 2 atom stereocenters. The number of Topliss-reactive ketones (excluding diaryl/α,β-unsaturated/α-hetero) is 1. The van der Waals surface area contributed by atoms with Gasteiger partial charge in [0.25, 0.3) is 0 Å². The quantitative estimate of drug-likeness (QED) is 0.787. The largest absolute Gasteiger partial charge is 0.299 e. The Morgan fingerprint density at radius 1 is 1.25 bits per heavy atom. The summed E-state index contributed by atoms with van der Waals surface area (Å²) in [5.41, 5.74) is 0. The maximum atomic E-state index is 12.3. The maximum Gasteiger partial charge on any atom is 0.137 e. The molecule has 0 radical (unpaired) electrons. The molecule has 20 heavy (non-hydrogen) atoms. The summed E-state index contributed by atoms with van der Waals surface area (Å²) in [6, 6.07) is 2.72. The molecule has 0 N–H and O–H groups in total. The van der Waals surface area contributed by atoms with E-state index >= 15 is 0 Å². The van der Waals surface area contributed by atoms with Crippen LogP contribution in [0.2, 0.25) is 0 Å². The van der Waals surface area contributed by atoms with Gasteiger partial charge in [-0.3, -0.25) is 9.69 Å². The van der Waals surface area contributed by atoms with Crippen molar-refractivity contribution in [2.24, 2.45) is 5.92 Å². The van der Waals surface area contributed by atoms with Crippen molar-refractivity contribution in [3.63, 3.8) is 0 Å². The second-order valence-corrected chi connectivity index (χ2v) is 7.99. The predicted octanol–water partition coefficient (Wildman–Crippen LogP) is 4.62. The summed E-state index contributed by atoms with van der Waals surface area (Å²) in [7, 11) is 0. The van der Waals surface area contributed by atoms with E-state index in [0.29, 0.717) is 17.7 Å². The molecule has 0 amide bonds. The van der Waals surface area contributed by atoms with Crippen LogP contribution in [-0.2, 0) is 11.3 Å². The summed E-state index contributed by atoms with van der Waals surface area (Å²) < 4.78 is 1.18. The summed E-state index contributed by atoms with van der Waals surface area (Å²) in [4.78, 5) is 16.3. The summed E-state index contributed by atoms with van der Waals surface area (Å²) in [6.45, 7) is 2.18. The second-order valence-electron chi connectivity index (χ2n) is 6.08. The molecule has 0 bridgehead atoms. The van der Waals surface area contributed by atoms with E-state index in [1.54, 1.807) is 0 Å². The number of rotatable bonds is 3. The van der Waals surface area contributed by atoms with Crippen LogP contribution in [0.25, 0.3) is 0 Å². The minimum Gasteiger partial charge on any atom is -0.299 e. The molecule has 1 saturated carbocycles. The van der Waals surface area contributed by atoms with Gasteiger partial charge in [0.05, 0.1) is 0 Å². The van der Waals surface area contributed by atoms with Crippen molar-refractivity contribution in [2.75, 3.05) is 6.54 Å². The number of thiophene rings is 1. The molecule has 1 aromatic rings. The molecule has 110 valence electrons. The highest BCUT2D eigenvalue weighted by molar-refractivity contribution is 9.10. The molecule has 1 aromatic heterocycles. The lowest BCUT2D eigenvalue weighted by atomic mass is 9.79. The van der Waals surface area contributed by atoms with Crippen LogP contribution in [0.15, 0.2) is 15.9 Å². The van der Waals surface area contributed by atoms with Gasteiger partial charge in [0.15, 0.2) is 0 Å². The van der Waals surface area contributed by atoms with E-state index in [2.05, 4.69) is 32.3 Å². The average molecular weight is 356 g/mol. The Morgan fingerprint density at radius 2 is 2.10 bits per heavy atom. The molecule has 1 saturated heterocycles. The Balaban J connectivity index is 1.71. The Hall–Kier alpha value is -0.190. The fourth-order valence-electron chi connectivity index (χ4n) is 3.72.